The molecule has 1 aliphatic rings. The molecule has 0 aliphatic heterocycles. The zero-order chi connectivity index (χ0) is 20.8. The first-order valence-electron chi connectivity index (χ1n) is 9.21. The predicted octanol–water partition coefficient (Wildman–Crippen LogP) is 2.52. The van der Waals surface area contributed by atoms with E-state index >= 15 is 0 Å². The summed E-state index contributed by atoms with van der Waals surface area (Å²) in [6.45, 7) is 10.6. The van der Waals surface area contributed by atoms with Crippen LogP contribution >= 0.6 is 0 Å². The summed E-state index contributed by atoms with van der Waals surface area (Å²) in [5.74, 6) is -0.989. The highest BCUT2D eigenvalue weighted by Gasteiger charge is 2.38. The number of alkyl carbamates (subject to hydrolysis) is 1. The van der Waals surface area contributed by atoms with E-state index in [4.69, 9.17) is 14.7 Å². The Bertz CT molecular complexity index is 564. The van der Waals surface area contributed by atoms with Gasteiger partial charge in [-0.15, -0.1) is 0 Å². The Hall–Kier alpha value is -2.30. The summed E-state index contributed by atoms with van der Waals surface area (Å²) in [5, 5.41) is 11.3. The molecule has 1 fully saturated rings. The van der Waals surface area contributed by atoms with Crippen LogP contribution in [0.25, 0.3) is 0 Å². The van der Waals surface area contributed by atoms with Crippen molar-refractivity contribution in [1.82, 2.24) is 10.2 Å². The highest BCUT2D eigenvalue weighted by molar-refractivity contribution is 5.90. The second kappa shape index (κ2) is 9.07. The van der Waals surface area contributed by atoms with Gasteiger partial charge in [0, 0.05) is 12.6 Å². The third-order valence-electron chi connectivity index (χ3n) is 3.52. The Kier molecular flexibility index (Phi) is 7.64. The van der Waals surface area contributed by atoms with Crippen molar-refractivity contribution >= 4 is 18.0 Å². The standard InChI is InChI=1S/C19H31N3O5/c1-18(2,3)26-15(23)12-14(21-17(25)27-19(4,5)6)16(24)22(11-7-10-20)13-8-9-13/h13-14H,7-9,11-12H2,1-6H3,(H,21,25)/t14-/m0/s1. The van der Waals surface area contributed by atoms with E-state index in [9.17, 15) is 14.4 Å². The number of hydrogen-bond donors (Lipinski definition) is 1. The van der Waals surface area contributed by atoms with E-state index < -0.39 is 35.2 Å². The molecule has 1 aliphatic carbocycles. The van der Waals surface area contributed by atoms with Gasteiger partial charge in [-0.25, -0.2) is 4.79 Å². The molecule has 1 saturated carbocycles. The van der Waals surface area contributed by atoms with Crippen LogP contribution in [0.4, 0.5) is 4.79 Å². The van der Waals surface area contributed by atoms with Gasteiger partial charge >= 0.3 is 12.1 Å². The van der Waals surface area contributed by atoms with Gasteiger partial charge in [0.1, 0.15) is 17.2 Å². The zero-order valence-corrected chi connectivity index (χ0v) is 17.1. The van der Waals surface area contributed by atoms with Crippen molar-refractivity contribution in [2.45, 2.75) is 90.5 Å². The van der Waals surface area contributed by atoms with Gasteiger partial charge in [0.05, 0.1) is 18.9 Å². The van der Waals surface area contributed by atoms with Crippen molar-refractivity contribution in [2.75, 3.05) is 6.54 Å². The molecule has 0 spiro atoms. The van der Waals surface area contributed by atoms with Gasteiger partial charge < -0.3 is 19.7 Å². The molecule has 1 N–H and O–H groups in total. The lowest BCUT2D eigenvalue weighted by molar-refractivity contribution is -0.157. The topological polar surface area (TPSA) is 109 Å². The minimum atomic E-state index is -1.10. The predicted molar refractivity (Wildman–Crippen MR) is 98.6 cm³/mol. The Morgan fingerprint density at radius 2 is 1.67 bits per heavy atom. The molecule has 1 atom stereocenters. The highest BCUT2D eigenvalue weighted by Crippen LogP contribution is 2.28. The fourth-order valence-electron chi connectivity index (χ4n) is 2.43. The Balaban J connectivity index is 2.90. The van der Waals surface area contributed by atoms with E-state index in [2.05, 4.69) is 5.32 Å². The van der Waals surface area contributed by atoms with Gasteiger partial charge in [-0.1, -0.05) is 0 Å². The molecule has 0 bridgehead atoms. The maximum atomic E-state index is 13.0. The maximum Gasteiger partial charge on any atom is 0.408 e. The number of amides is 2. The van der Waals surface area contributed by atoms with Crippen LogP contribution in [0.1, 0.15) is 67.2 Å². The third kappa shape index (κ3) is 9.27. The van der Waals surface area contributed by atoms with Crippen LogP contribution in [0.2, 0.25) is 0 Å². The molecule has 152 valence electrons. The summed E-state index contributed by atoms with van der Waals surface area (Å²) in [7, 11) is 0. The normalized spacial score (nSPS) is 15.3. The molecule has 8 heteroatoms. The molecule has 0 aromatic heterocycles. The van der Waals surface area contributed by atoms with Gasteiger partial charge in [-0.05, 0) is 54.4 Å². The van der Waals surface area contributed by atoms with Crippen molar-refractivity contribution in [3.05, 3.63) is 0 Å². The first-order chi connectivity index (χ1) is 12.3. The molecular weight excluding hydrogens is 350 g/mol. The smallest absolute Gasteiger partial charge is 0.408 e. The van der Waals surface area contributed by atoms with Crippen molar-refractivity contribution in [2.24, 2.45) is 0 Å². The first-order valence-corrected chi connectivity index (χ1v) is 9.21. The lowest BCUT2D eigenvalue weighted by Gasteiger charge is -2.29. The van der Waals surface area contributed by atoms with E-state index in [1.807, 2.05) is 6.07 Å². The number of ether oxygens (including phenoxy) is 2. The van der Waals surface area contributed by atoms with Crippen LogP contribution in [-0.4, -0.2) is 52.7 Å². The number of rotatable bonds is 7. The molecule has 27 heavy (non-hydrogen) atoms. The molecule has 0 unspecified atom stereocenters. The number of nitrogens with one attached hydrogen (secondary N) is 1. The summed E-state index contributed by atoms with van der Waals surface area (Å²) in [4.78, 5) is 38.9. The largest absolute Gasteiger partial charge is 0.460 e. The minimum Gasteiger partial charge on any atom is -0.460 e. The number of carbonyl (C=O) groups is 3. The Morgan fingerprint density at radius 1 is 1.11 bits per heavy atom. The molecule has 0 aromatic rings. The van der Waals surface area contributed by atoms with Crippen molar-refractivity contribution in [3.8, 4) is 6.07 Å². The molecule has 0 radical (unpaired) electrons. The monoisotopic (exact) mass is 381 g/mol. The van der Waals surface area contributed by atoms with E-state index in [0.717, 1.165) is 12.8 Å². The number of nitriles is 1. The van der Waals surface area contributed by atoms with Gasteiger partial charge in [0.25, 0.3) is 0 Å². The average molecular weight is 381 g/mol. The maximum absolute atomic E-state index is 13.0. The van der Waals surface area contributed by atoms with Crippen LogP contribution in [0.5, 0.6) is 0 Å². The second-order valence-electron chi connectivity index (χ2n) is 8.66. The van der Waals surface area contributed by atoms with E-state index in [-0.39, 0.29) is 25.4 Å². The van der Waals surface area contributed by atoms with Crippen molar-refractivity contribution in [1.29, 1.82) is 5.26 Å². The quantitative estimate of drug-likeness (QED) is 0.679. The zero-order valence-electron chi connectivity index (χ0n) is 17.1. The third-order valence-corrected chi connectivity index (χ3v) is 3.52. The molecular formula is C19H31N3O5. The summed E-state index contributed by atoms with van der Waals surface area (Å²) in [6, 6.07) is 0.967. The molecule has 8 nitrogen and oxygen atoms in total. The summed E-state index contributed by atoms with van der Waals surface area (Å²) in [6.07, 6.45) is 0.810. The molecule has 1 rings (SSSR count). The SMILES string of the molecule is CC(C)(C)OC(=O)C[C@H](NC(=O)OC(C)(C)C)C(=O)N(CCC#N)C1CC1. The fourth-order valence-corrected chi connectivity index (χ4v) is 2.43. The second-order valence-corrected chi connectivity index (χ2v) is 8.66. The molecule has 0 aromatic carbocycles. The summed E-state index contributed by atoms with van der Waals surface area (Å²) < 4.78 is 10.5. The number of esters is 1. The minimum absolute atomic E-state index is 0.0485. The van der Waals surface area contributed by atoms with Crippen molar-refractivity contribution in [3.63, 3.8) is 0 Å². The fraction of sp³-hybridized carbons (Fsp3) is 0.789. The van der Waals surface area contributed by atoms with Crippen LogP contribution < -0.4 is 5.32 Å². The molecule has 0 heterocycles. The summed E-state index contributed by atoms with van der Waals surface area (Å²) in [5.41, 5.74) is -1.44. The number of carbonyl (C=O) groups excluding carboxylic acids is 3. The van der Waals surface area contributed by atoms with Gasteiger partial charge in [0.15, 0.2) is 0 Å². The number of hydrogen-bond acceptors (Lipinski definition) is 6. The van der Waals surface area contributed by atoms with Gasteiger partial charge in [-0.3, -0.25) is 9.59 Å². The van der Waals surface area contributed by atoms with Crippen LogP contribution in [0.3, 0.4) is 0 Å². The summed E-state index contributed by atoms with van der Waals surface area (Å²) >= 11 is 0. The Labute approximate surface area is 161 Å². The number of nitrogens with zero attached hydrogens (tertiary/aromatic N) is 2. The van der Waals surface area contributed by atoms with Crippen LogP contribution in [0, 0.1) is 11.3 Å². The van der Waals surface area contributed by atoms with Crippen LogP contribution in [-0.2, 0) is 19.1 Å². The van der Waals surface area contributed by atoms with E-state index in [1.165, 1.54) is 0 Å². The van der Waals surface area contributed by atoms with E-state index in [0.29, 0.717) is 0 Å². The Morgan fingerprint density at radius 3 is 2.11 bits per heavy atom. The molecule has 2 amide bonds. The lowest BCUT2D eigenvalue weighted by Crippen LogP contribution is -2.51. The van der Waals surface area contributed by atoms with E-state index in [1.54, 1.807) is 46.4 Å². The van der Waals surface area contributed by atoms with Crippen molar-refractivity contribution < 1.29 is 23.9 Å². The van der Waals surface area contributed by atoms with Crippen LogP contribution in [0.15, 0.2) is 0 Å². The van der Waals surface area contributed by atoms with Gasteiger partial charge in [0.2, 0.25) is 5.91 Å². The van der Waals surface area contributed by atoms with Gasteiger partial charge in [-0.2, -0.15) is 5.26 Å². The molecule has 0 saturated heterocycles. The first kappa shape index (κ1) is 22.7. The average Bonchev–Trinajstić information content (AvgIpc) is 3.27. The highest BCUT2D eigenvalue weighted by atomic mass is 16.6. The lowest BCUT2D eigenvalue weighted by atomic mass is 10.1.